The van der Waals surface area contributed by atoms with E-state index in [2.05, 4.69) is 10.1 Å². The predicted molar refractivity (Wildman–Crippen MR) is 66.9 cm³/mol. The Labute approximate surface area is 105 Å². The van der Waals surface area contributed by atoms with Gasteiger partial charge in [-0.15, -0.1) is 0 Å². The molecule has 1 aliphatic rings. The molecule has 2 rings (SSSR count). The number of rotatable bonds is 5. The van der Waals surface area contributed by atoms with Gasteiger partial charge >= 0.3 is 0 Å². The standard InChI is InChI=1S/C11H19N3O2S/c1-15-8(7-12)6-10-13-11(14-16-10)9-4-2-3-5-17-9/h8-9H,2-7,12H2,1H3. The zero-order valence-corrected chi connectivity index (χ0v) is 10.9. The third kappa shape index (κ3) is 3.43. The second-order valence-electron chi connectivity index (χ2n) is 4.20. The Hall–Kier alpha value is -0.590. The number of thioether (sulfide) groups is 1. The van der Waals surface area contributed by atoms with Crippen molar-refractivity contribution in [2.24, 2.45) is 5.73 Å². The fourth-order valence-corrected chi connectivity index (χ4v) is 3.12. The van der Waals surface area contributed by atoms with E-state index in [1.165, 1.54) is 18.6 Å². The maximum atomic E-state index is 5.56. The second kappa shape index (κ2) is 6.37. The van der Waals surface area contributed by atoms with Crippen LogP contribution in [0.3, 0.4) is 0 Å². The highest BCUT2D eigenvalue weighted by Gasteiger charge is 2.22. The number of methoxy groups -OCH3 is 1. The Morgan fingerprint density at radius 1 is 1.59 bits per heavy atom. The Balaban J connectivity index is 1.94. The molecule has 0 radical (unpaired) electrons. The van der Waals surface area contributed by atoms with E-state index >= 15 is 0 Å². The summed E-state index contributed by atoms with van der Waals surface area (Å²) in [5.41, 5.74) is 5.56. The summed E-state index contributed by atoms with van der Waals surface area (Å²) in [6.07, 6.45) is 4.25. The van der Waals surface area contributed by atoms with Crippen molar-refractivity contribution in [1.82, 2.24) is 10.1 Å². The first-order chi connectivity index (χ1) is 8.33. The molecule has 6 heteroatoms. The number of aromatic nitrogens is 2. The van der Waals surface area contributed by atoms with Crippen LogP contribution in [0.4, 0.5) is 0 Å². The number of ether oxygens (including phenoxy) is 1. The molecule has 0 bridgehead atoms. The van der Waals surface area contributed by atoms with Crippen molar-refractivity contribution in [1.29, 1.82) is 0 Å². The maximum absolute atomic E-state index is 5.56. The van der Waals surface area contributed by atoms with E-state index in [1.54, 1.807) is 7.11 Å². The summed E-state index contributed by atoms with van der Waals surface area (Å²) in [5, 5.41) is 4.46. The van der Waals surface area contributed by atoms with Crippen molar-refractivity contribution in [3.63, 3.8) is 0 Å². The molecule has 2 heterocycles. The molecule has 2 unspecified atom stereocenters. The summed E-state index contributed by atoms with van der Waals surface area (Å²) >= 11 is 1.92. The molecule has 0 aromatic carbocycles. The van der Waals surface area contributed by atoms with Gasteiger partial charge in [-0.05, 0) is 18.6 Å². The average molecular weight is 257 g/mol. The summed E-state index contributed by atoms with van der Waals surface area (Å²) < 4.78 is 10.4. The molecule has 1 aromatic rings. The van der Waals surface area contributed by atoms with Crippen LogP contribution >= 0.6 is 11.8 Å². The Morgan fingerprint density at radius 3 is 3.12 bits per heavy atom. The molecule has 1 saturated heterocycles. The minimum atomic E-state index is -0.0395. The molecule has 1 aromatic heterocycles. The van der Waals surface area contributed by atoms with E-state index in [4.69, 9.17) is 15.0 Å². The van der Waals surface area contributed by atoms with Crippen LogP contribution in [0.5, 0.6) is 0 Å². The fourth-order valence-electron chi connectivity index (χ4n) is 1.88. The zero-order valence-electron chi connectivity index (χ0n) is 10.1. The second-order valence-corrected chi connectivity index (χ2v) is 5.51. The van der Waals surface area contributed by atoms with Gasteiger partial charge in [-0.2, -0.15) is 16.7 Å². The molecule has 0 amide bonds. The highest BCUT2D eigenvalue weighted by atomic mass is 32.2. The van der Waals surface area contributed by atoms with Gasteiger partial charge < -0.3 is 15.0 Å². The molecule has 2 N–H and O–H groups in total. The number of hydrogen-bond acceptors (Lipinski definition) is 6. The predicted octanol–water partition coefficient (Wildman–Crippen LogP) is 1.54. The van der Waals surface area contributed by atoms with Gasteiger partial charge in [0.2, 0.25) is 5.89 Å². The van der Waals surface area contributed by atoms with Gasteiger partial charge in [-0.3, -0.25) is 0 Å². The highest BCUT2D eigenvalue weighted by Crippen LogP contribution is 2.36. The van der Waals surface area contributed by atoms with Crippen molar-refractivity contribution in [3.8, 4) is 0 Å². The van der Waals surface area contributed by atoms with Gasteiger partial charge in [-0.25, -0.2) is 0 Å². The topological polar surface area (TPSA) is 74.2 Å². The summed E-state index contributed by atoms with van der Waals surface area (Å²) in [5.74, 6) is 2.65. The molecule has 5 nitrogen and oxygen atoms in total. The van der Waals surface area contributed by atoms with Gasteiger partial charge in [0.1, 0.15) is 0 Å². The molecular formula is C11H19N3O2S. The van der Waals surface area contributed by atoms with E-state index in [1.807, 2.05) is 11.8 Å². The van der Waals surface area contributed by atoms with Crippen LogP contribution in [-0.2, 0) is 11.2 Å². The molecule has 1 fully saturated rings. The number of nitrogens with two attached hydrogens (primary N) is 1. The quantitative estimate of drug-likeness (QED) is 0.862. The van der Waals surface area contributed by atoms with E-state index in [0.717, 1.165) is 12.2 Å². The van der Waals surface area contributed by atoms with Gasteiger partial charge in [-0.1, -0.05) is 11.6 Å². The van der Waals surface area contributed by atoms with Crippen LogP contribution in [0.25, 0.3) is 0 Å². The van der Waals surface area contributed by atoms with Gasteiger partial charge in [0.15, 0.2) is 5.82 Å². The minimum absolute atomic E-state index is 0.0395. The van der Waals surface area contributed by atoms with Crippen LogP contribution in [0.2, 0.25) is 0 Å². The summed E-state index contributed by atoms with van der Waals surface area (Å²) in [6, 6.07) is 0. The van der Waals surface area contributed by atoms with Gasteiger partial charge in [0, 0.05) is 13.7 Å². The van der Waals surface area contributed by atoms with Crippen LogP contribution in [0, 0.1) is 0 Å². The van der Waals surface area contributed by atoms with Gasteiger partial charge in [0.05, 0.1) is 17.8 Å². The van der Waals surface area contributed by atoms with Gasteiger partial charge in [0.25, 0.3) is 0 Å². The first-order valence-electron chi connectivity index (χ1n) is 6.00. The van der Waals surface area contributed by atoms with Crippen molar-refractivity contribution in [2.45, 2.75) is 37.0 Å². The van der Waals surface area contributed by atoms with E-state index in [9.17, 15) is 0 Å². The van der Waals surface area contributed by atoms with E-state index in [0.29, 0.717) is 24.1 Å². The molecule has 1 aliphatic heterocycles. The molecule has 96 valence electrons. The average Bonchev–Trinajstić information content (AvgIpc) is 2.85. The Morgan fingerprint density at radius 2 is 2.47 bits per heavy atom. The molecular weight excluding hydrogens is 238 g/mol. The van der Waals surface area contributed by atoms with Crippen LogP contribution in [0.15, 0.2) is 4.52 Å². The number of hydrogen-bond donors (Lipinski definition) is 1. The smallest absolute Gasteiger partial charge is 0.229 e. The van der Waals surface area contributed by atoms with Crippen LogP contribution < -0.4 is 5.73 Å². The van der Waals surface area contributed by atoms with Crippen molar-refractivity contribution in [2.75, 3.05) is 19.4 Å². The fraction of sp³-hybridized carbons (Fsp3) is 0.818. The minimum Gasteiger partial charge on any atom is -0.380 e. The van der Waals surface area contributed by atoms with Crippen molar-refractivity contribution < 1.29 is 9.26 Å². The molecule has 17 heavy (non-hydrogen) atoms. The molecule has 0 spiro atoms. The maximum Gasteiger partial charge on any atom is 0.229 e. The molecule has 2 atom stereocenters. The summed E-state index contributed by atoms with van der Waals surface area (Å²) in [4.78, 5) is 4.44. The zero-order chi connectivity index (χ0) is 12.1. The Bertz CT molecular complexity index is 335. The third-order valence-electron chi connectivity index (χ3n) is 2.95. The van der Waals surface area contributed by atoms with Crippen LogP contribution in [-0.4, -0.2) is 35.7 Å². The third-order valence-corrected chi connectivity index (χ3v) is 4.32. The lowest BCUT2D eigenvalue weighted by Gasteiger charge is -2.17. The summed E-state index contributed by atoms with van der Waals surface area (Å²) in [7, 11) is 1.64. The van der Waals surface area contributed by atoms with Crippen molar-refractivity contribution >= 4 is 11.8 Å². The lowest BCUT2D eigenvalue weighted by molar-refractivity contribution is 0.102. The largest absolute Gasteiger partial charge is 0.380 e. The SMILES string of the molecule is COC(CN)Cc1nc(C2CCCCS2)no1. The monoisotopic (exact) mass is 257 g/mol. The highest BCUT2D eigenvalue weighted by molar-refractivity contribution is 7.99. The molecule has 0 aliphatic carbocycles. The normalized spacial score (nSPS) is 22.6. The van der Waals surface area contributed by atoms with Crippen LogP contribution in [0.1, 0.15) is 36.2 Å². The van der Waals surface area contributed by atoms with E-state index in [-0.39, 0.29) is 6.10 Å². The summed E-state index contributed by atoms with van der Waals surface area (Å²) in [6.45, 7) is 0.465. The first kappa shape index (κ1) is 12.9. The number of nitrogens with zero attached hydrogens (tertiary/aromatic N) is 2. The lowest BCUT2D eigenvalue weighted by atomic mass is 10.2. The Kier molecular flexibility index (Phi) is 4.82. The lowest BCUT2D eigenvalue weighted by Crippen LogP contribution is -2.24. The first-order valence-corrected chi connectivity index (χ1v) is 7.05. The van der Waals surface area contributed by atoms with E-state index < -0.39 is 0 Å². The van der Waals surface area contributed by atoms with Crippen molar-refractivity contribution in [3.05, 3.63) is 11.7 Å². The molecule has 0 saturated carbocycles.